The summed E-state index contributed by atoms with van der Waals surface area (Å²) in [5, 5.41) is 16.1. The molecule has 0 N–H and O–H groups in total. The van der Waals surface area contributed by atoms with E-state index in [9.17, 15) is 0 Å². The van der Waals surface area contributed by atoms with E-state index in [-0.39, 0.29) is 44.6 Å². The first-order valence-corrected chi connectivity index (χ1v) is 31.4. The van der Waals surface area contributed by atoms with Crippen LogP contribution in [0.25, 0.3) is 131 Å². The Morgan fingerprint density at radius 2 is 0.347 bits per heavy atom. The van der Waals surface area contributed by atoms with Crippen molar-refractivity contribution in [1.82, 2.24) is 27.4 Å². The third-order valence-electron chi connectivity index (χ3n) is 19.7. The van der Waals surface area contributed by atoms with Gasteiger partial charge in [-0.1, -0.05) is 196 Å². The van der Waals surface area contributed by atoms with Crippen molar-refractivity contribution in [1.29, 1.82) is 0 Å². The Balaban J connectivity index is 0.000000151. The van der Waals surface area contributed by atoms with Gasteiger partial charge in [-0.25, -0.2) is 0 Å². The van der Waals surface area contributed by atoms with Gasteiger partial charge in [0.2, 0.25) is 0 Å². The van der Waals surface area contributed by atoms with Gasteiger partial charge in [0.05, 0.1) is 0 Å². The maximum Gasteiger partial charge on any atom is 0.0491 e. The first kappa shape index (κ1) is 67.3. The highest BCUT2D eigenvalue weighted by Gasteiger charge is 2.15. The summed E-state index contributed by atoms with van der Waals surface area (Å²) in [4.78, 5) is 0. The lowest BCUT2D eigenvalue weighted by Gasteiger charge is -2.05. The van der Waals surface area contributed by atoms with Crippen molar-refractivity contribution in [3.63, 3.8) is 0 Å². The topological polar surface area (TPSA) is 29.6 Å². The molecule has 6 heteroatoms. The van der Waals surface area contributed by atoms with Gasteiger partial charge in [0.15, 0.2) is 0 Å². The Morgan fingerprint density at radius 3 is 0.621 bits per heavy atom. The van der Waals surface area contributed by atoms with Crippen LogP contribution < -0.4 is 0 Å². The Kier molecular flexibility index (Phi) is 19.3. The van der Waals surface area contributed by atoms with E-state index in [1.54, 1.807) is 0 Å². The zero-order chi connectivity index (χ0) is 60.0. The van der Waals surface area contributed by atoms with E-state index in [0.717, 1.165) is 32.1 Å². The summed E-state index contributed by atoms with van der Waals surface area (Å²) < 4.78 is 13.8. The molecule has 0 fully saturated rings. The molecule has 0 saturated heterocycles. The Bertz CT molecular complexity index is 5330. The molecule has 0 saturated carbocycles. The lowest BCUT2D eigenvalue weighted by Crippen LogP contribution is -1.92. The highest BCUT2D eigenvalue weighted by molar-refractivity contribution is 6.12. The van der Waals surface area contributed by atoms with Gasteiger partial charge >= 0.3 is 0 Å². The molecule has 6 heterocycles. The minimum absolute atomic E-state index is 0. The molecule has 0 aliphatic rings. The summed E-state index contributed by atoms with van der Waals surface area (Å²) in [6.45, 7) is 0. The van der Waals surface area contributed by atoms with Crippen LogP contribution in [0, 0.1) is 0 Å². The molecule has 0 aliphatic carbocycles. The summed E-state index contributed by atoms with van der Waals surface area (Å²) in [7, 11) is 12.9. The van der Waals surface area contributed by atoms with Crippen LogP contribution >= 0.6 is 0 Å². The van der Waals surface area contributed by atoms with Gasteiger partial charge in [-0.2, -0.15) is 0 Å². The third-order valence-corrected chi connectivity index (χ3v) is 19.7. The molecule has 95 heavy (non-hydrogen) atoms. The van der Waals surface area contributed by atoms with Crippen LogP contribution in [0.1, 0.15) is 77.9 Å². The van der Waals surface area contributed by atoms with Gasteiger partial charge < -0.3 is 27.4 Å². The molecular formula is C89H94N6. The number of nitrogens with zero attached hydrogens (tertiary/aromatic N) is 6. The Hall–Kier alpha value is -10.6. The summed E-state index contributed by atoms with van der Waals surface area (Å²) >= 11 is 0. The smallest absolute Gasteiger partial charge is 0.0491 e. The molecule has 0 atom stereocenters. The van der Waals surface area contributed by atoms with Crippen LogP contribution in [-0.2, 0) is 74.4 Å². The zero-order valence-corrected chi connectivity index (χ0v) is 51.5. The number of aryl methyl sites for hydroxylation is 10. The summed E-state index contributed by atoms with van der Waals surface area (Å²) in [6.07, 6.45) is 5.15. The van der Waals surface area contributed by atoms with Crippen molar-refractivity contribution in [2.75, 3.05) is 0 Å². The van der Waals surface area contributed by atoms with Crippen molar-refractivity contribution in [3.05, 3.63) is 288 Å². The van der Waals surface area contributed by atoms with Crippen LogP contribution in [-0.4, -0.2) is 27.4 Å². The lowest BCUT2D eigenvalue weighted by atomic mass is 10.0. The van der Waals surface area contributed by atoms with Gasteiger partial charge in [0, 0.05) is 173 Å². The third kappa shape index (κ3) is 11.5. The number of fused-ring (bicyclic) bond motifs is 18. The van der Waals surface area contributed by atoms with Gasteiger partial charge in [0.1, 0.15) is 0 Å². The van der Waals surface area contributed by atoms with E-state index in [4.69, 9.17) is 0 Å². The Labute approximate surface area is 562 Å². The van der Waals surface area contributed by atoms with Crippen LogP contribution in [0.15, 0.2) is 255 Å². The summed E-state index contributed by atoms with van der Waals surface area (Å²) in [5.41, 5.74) is 23.9. The highest BCUT2D eigenvalue weighted by atomic mass is 15.0. The predicted molar refractivity (Wildman–Crippen MR) is 421 cm³/mol. The second kappa shape index (κ2) is 27.2. The molecule has 0 aliphatic heterocycles. The summed E-state index contributed by atoms with van der Waals surface area (Å²) in [6, 6.07) is 93.6. The van der Waals surface area contributed by atoms with Crippen molar-refractivity contribution in [2.24, 2.45) is 42.3 Å². The average molecular weight is 1250 g/mol. The van der Waals surface area contributed by atoms with Gasteiger partial charge in [-0.3, -0.25) is 0 Å². The number of hydrogen-bond donors (Lipinski definition) is 0. The normalized spacial score (nSPS) is 11.2. The lowest BCUT2D eigenvalue weighted by molar-refractivity contribution is 0.960. The first-order chi connectivity index (χ1) is 43.6. The number of aromatic nitrogens is 6. The number of hydrogen-bond acceptors (Lipinski definition) is 0. The molecule has 12 aromatic carbocycles. The largest absolute Gasteiger partial charge is 0.344 e. The second-order valence-corrected chi connectivity index (χ2v) is 24.7. The van der Waals surface area contributed by atoms with E-state index in [0.29, 0.717) is 0 Å². The monoisotopic (exact) mass is 1250 g/mol. The minimum atomic E-state index is 0. The van der Waals surface area contributed by atoms with Gasteiger partial charge in [0.25, 0.3) is 0 Å². The van der Waals surface area contributed by atoms with Crippen LogP contribution in [0.3, 0.4) is 0 Å². The van der Waals surface area contributed by atoms with E-state index in [1.165, 1.54) is 164 Å². The zero-order valence-electron chi connectivity index (χ0n) is 51.5. The average Bonchev–Trinajstić information content (AvgIpc) is 1.67. The number of benzene rings is 12. The number of para-hydroxylation sites is 6. The van der Waals surface area contributed by atoms with Crippen LogP contribution in [0.5, 0.6) is 0 Å². The quantitative estimate of drug-likeness (QED) is 0.145. The maximum atomic E-state index is 2.38. The predicted octanol–water partition coefficient (Wildman–Crippen LogP) is 23.9. The SMILES string of the molecule is C.C.C.C.C.C.Cn1c2ccccc2c2cc(CCc3ccc4c(c3)c3ccccc3n4C)ccc21.Cn1c2ccccc2c2cc(CCc3ccc4c(c3)c3ccccc3n4C)ccc21.Cn1c2ccccc2c2cc(Cc3ccc4c5ccccc5n(C)c4c3)ccc21. The fourth-order valence-corrected chi connectivity index (χ4v) is 14.9. The molecule has 6 aromatic heterocycles. The van der Waals surface area contributed by atoms with E-state index < -0.39 is 0 Å². The molecule has 0 radical (unpaired) electrons. The van der Waals surface area contributed by atoms with Crippen molar-refractivity contribution in [3.8, 4) is 0 Å². The van der Waals surface area contributed by atoms with Gasteiger partial charge in [-0.05, 0) is 169 Å². The molecule has 6 nitrogen and oxygen atoms in total. The number of rotatable bonds is 8. The highest BCUT2D eigenvalue weighted by Crippen LogP contribution is 2.36. The standard InChI is InChI=1S/2C28H24N2.C27H22N2.6CH4/c2*1-29-25-9-5-3-7-21(25)23-17-19(13-15-27(23)29)11-12-20-14-16-28-24(18-20)22-8-4-6-10-26(22)30(28)2;1-28-25-10-6-4-8-21(25)23-16-18(12-14-26(23)28)15-19-11-13-22-20-7-3-5-9-24(20)29(2)27(22)17-19;;;;;;/h2*3-10,13-18H,11-12H2,1-2H3;3-14,16-17H,15H2,1-2H3;6*1H4. The summed E-state index contributed by atoms with van der Waals surface area (Å²) in [5.74, 6) is 0. The molecule has 480 valence electrons. The molecule has 18 rings (SSSR count). The van der Waals surface area contributed by atoms with E-state index in [2.05, 4.69) is 324 Å². The van der Waals surface area contributed by atoms with E-state index in [1.807, 2.05) is 0 Å². The fourth-order valence-electron chi connectivity index (χ4n) is 14.9. The molecular weight excluding hydrogens is 1150 g/mol. The van der Waals surface area contributed by atoms with Crippen LogP contribution in [0.4, 0.5) is 0 Å². The fraction of sp³-hybridized carbons (Fsp3) is 0.191. The molecule has 0 spiro atoms. The molecule has 0 bridgehead atoms. The first-order valence-electron chi connectivity index (χ1n) is 31.4. The second-order valence-electron chi connectivity index (χ2n) is 24.7. The Morgan fingerprint density at radius 1 is 0.168 bits per heavy atom. The van der Waals surface area contributed by atoms with Crippen molar-refractivity contribution >= 4 is 131 Å². The molecule has 0 amide bonds. The molecule has 0 unspecified atom stereocenters. The van der Waals surface area contributed by atoms with Crippen molar-refractivity contribution in [2.45, 2.75) is 76.7 Å². The van der Waals surface area contributed by atoms with Gasteiger partial charge in [-0.15, -0.1) is 0 Å². The van der Waals surface area contributed by atoms with Crippen LogP contribution in [0.2, 0.25) is 0 Å². The maximum absolute atomic E-state index is 2.38. The molecule has 18 aromatic rings. The minimum Gasteiger partial charge on any atom is -0.344 e. The van der Waals surface area contributed by atoms with E-state index >= 15 is 0 Å². The van der Waals surface area contributed by atoms with Crippen molar-refractivity contribution < 1.29 is 0 Å².